The molecule has 3 N–H and O–H groups in total. The molecule has 1 aromatic heterocycles. The van der Waals surface area contributed by atoms with Crippen LogP contribution in [0.1, 0.15) is 27.0 Å². The molecule has 146 valence electrons. The molecule has 1 heterocycles. The second-order valence-electron chi connectivity index (χ2n) is 6.01. The molecule has 0 fully saturated rings. The van der Waals surface area contributed by atoms with Crippen LogP contribution in [0.25, 0.3) is 0 Å². The average molecular weight is 393 g/mol. The Morgan fingerprint density at radius 2 is 1.70 bits per heavy atom. The number of hydrogen-bond acceptors (Lipinski definition) is 5. The monoisotopic (exact) mass is 393 g/mol. The molecule has 8 nitrogen and oxygen atoms in total. The van der Waals surface area contributed by atoms with E-state index in [2.05, 4.69) is 0 Å². The zero-order valence-electron chi connectivity index (χ0n) is 15.9. The summed E-state index contributed by atoms with van der Waals surface area (Å²) in [6.07, 6.45) is 0. The topological polar surface area (TPSA) is 124 Å². The van der Waals surface area contributed by atoms with E-state index in [1.807, 2.05) is 13.0 Å². The molecule has 9 heteroatoms. The number of aryl methyl sites for hydroxylation is 2. The number of hydrogen-bond donors (Lipinski definition) is 2. The van der Waals surface area contributed by atoms with Gasteiger partial charge in [-0.3, -0.25) is 18.7 Å². The van der Waals surface area contributed by atoms with Gasteiger partial charge in [0.2, 0.25) is 5.91 Å². The summed E-state index contributed by atoms with van der Waals surface area (Å²) in [5.41, 5.74) is 6.98. The van der Waals surface area contributed by atoms with Gasteiger partial charge in [0.25, 0.3) is 5.56 Å². The standard InChI is InChI=1S/C9H13N3O3S.C9H10O2/c1-5-7(14)11(2)9(15)12(3)8(5)16-4-6(10)13;1-6-3-4-8(9(10)11)7(2)5-6/h4H2,1-3H3,(H2,10,13);3-5H,1-2H3,(H,10,11). The predicted molar refractivity (Wildman–Crippen MR) is 104 cm³/mol. The summed E-state index contributed by atoms with van der Waals surface area (Å²) >= 11 is 1.09. The molecule has 2 aromatic rings. The number of amides is 1. The van der Waals surface area contributed by atoms with Crippen LogP contribution in [0.5, 0.6) is 0 Å². The van der Waals surface area contributed by atoms with Crippen LogP contribution in [0.3, 0.4) is 0 Å². The first-order valence-corrected chi connectivity index (χ1v) is 8.94. The van der Waals surface area contributed by atoms with Crippen molar-refractivity contribution in [3.63, 3.8) is 0 Å². The summed E-state index contributed by atoms with van der Waals surface area (Å²) in [7, 11) is 2.97. The molecule has 0 radical (unpaired) electrons. The molecule has 27 heavy (non-hydrogen) atoms. The summed E-state index contributed by atoms with van der Waals surface area (Å²) in [5.74, 6) is -1.30. The van der Waals surface area contributed by atoms with E-state index in [0.29, 0.717) is 16.2 Å². The van der Waals surface area contributed by atoms with Gasteiger partial charge in [0.05, 0.1) is 16.3 Å². The number of carboxylic acid groups (broad SMARTS) is 1. The van der Waals surface area contributed by atoms with Crippen LogP contribution in [0, 0.1) is 20.8 Å². The Kier molecular flexibility index (Phi) is 7.59. The van der Waals surface area contributed by atoms with Gasteiger partial charge in [0.15, 0.2) is 0 Å². The Bertz CT molecular complexity index is 954. The van der Waals surface area contributed by atoms with E-state index in [9.17, 15) is 19.2 Å². The van der Waals surface area contributed by atoms with Crippen molar-refractivity contribution in [2.24, 2.45) is 19.8 Å². The number of rotatable bonds is 4. The molecule has 0 saturated carbocycles. The molecule has 0 spiro atoms. The smallest absolute Gasteiger partial charge is 0.335 e. The molecule has 0 atom stereocenters. The number of thioether (sulfide) groups is 1. The third-order valence-electron chi connectivity index (χ3n) is 3.79. The quantitative estimate of drug-likeness (QED) is 0.589. The summed E-state index contributed by atoms with van der Waals surface area (Å²) in [6.45, 7) is 5.36. The molecule has 0 saturated heterocycles. The summed E-state index contributed by atoms with van der Waals surface area (Å²) in [6, 6.07) is 5.30. The minimum atomic E-state index is -0.859. The molecule has 0 bridgehead atoms. The largest absolute Gasteiger partial charge is 0.478 e. The van der Waals surface area contributed by atoms with Gasteiger partial charge in [-0.2, -0.15) is 0 Å². The van der Waals surface area contributed by atoms with Crippen LogP contribution in [0.2, 0.25) is 0 Å². The lowest BCUT2D eigenvalue weighted by molar-refractivity contribution is -0.115. The first kappa shape index (κ1) is 22.2. The molecule has 1 amide bonds. The van der Waals surface area contributed by atoms with Gasteiger partial charge in [0.1, 0.15) is 0 Å². The van der Waals surface area contributed by atoms with E-state index in [4.69, 9.17) is 10.8 Å². The van der Waals surface area contributed by atoms with Crippen molar-refractivity contribution in [3.05, 3.63) is 61.3 Å². The number of carbonyl (C=O) groups is 2. The third kappa shape index (κ3) is 5.58. The number of carboxylic acids is 1. The summed E-state index contributed by atoms with van der Waals surface area (Å²) < 4.78 is 2.37. The van der Waals surface area contributed by atoms with Gasteiger partial charge >= 0.3 is 11.7 Å². The normalized spacial score (nSPS) is 10.1. The second-order valence-corrected chi connectivity index (χ2v) is 6.98. The number of aromatic carboxylic acids is 1. The third-order valence-corrected chi connectivity index (χ3v) is 5.07. The van der Waals surface area contributed by atoms with E-state index >= 15 is 0 Å². The molecular weight excluding hydrogens is 370 g/mol. The lowest BCUT2D eigenvalue weighted by Crippen LogP contribution is -2.39. The summed E-state index contributed by atoms with van der Waals surface area (Å²) in [4.78, 5) is 44.4. The molecule has 1 aromatic carbocycles. The number of aromatic nitrogens is 2. The van der Waals surface area contributed by atoms with Gasteiger partial charge in [0, 0.05) is 19.7 Å². The maximum Gasteiger partial charge on any atom is 0.335 e. The Hall–Kier alpha value is -2.81. The van der Waals surface area contributed by atoms with Crippen molar-refractivity contribution < 1.29 is 14.7 Å². The van der Waals surface area contributed by atoms with Crippen molar-refractivity contribution in [2.75, 3.05) is 5.75 Å². The van der Waals surface area contributed by atoms with Crippen molar-refractivity contribution in [2.45, 2.75) is 25.8 Å². The second kappa shape index (κ2) is 9.22. The maximum atomic E-state index is 11.6. The Morgan fingerprint density at radius 1 is 1.11 bits per heavy atom. The van der Waals surface area contributed by atoms with Crippen molar-refractivity contribution >= 4 is 23.6 Å². The fraction of sp³-hybridized carbons (Fsp3) is 0.333. The predicted octanol–water partition coefficient (Wildman–Crippen LogP) is 0.971. The Morgan fingerprint density at radius 3 is 2.19 bits per heavy atom. The minimum absolute atomic E-state index is 0.0429. The number of benzene rings is 1. The Labute approximate surface area is 160 Å². The van der Waals surface area contributed by atoms with E-state index in [1.54, 1.807) is 33.0 Å². The first-order chi connectivity index (χ1) is 12.5. The van der Waals surface area contributed by atoms with E-state index in [0.717, 1.165) is 27.5 Å². The highest BCUT2D eigenvalue weighted by Crippen LogP contribution is 2.17. The number of nitrogens with zero attached hydrogens (tertiary/aromatic N) is 2. The molecule has 0 unspecified atom stereocenters. The Balaban J connectivity index is 0.000000289. The summed E-state index contributed by atoms with van der Waals surface area (Å²) in [5, 5.41) is 9.14. The highest BCUT2D eigenvalue weighted by Gasteiger charge is 2.12. The average Bonchev–Trinajstić information content (AvgIpc) is 2.58. The van der Waals surface area contributed by atoms with Crippen molar-refractivity contribution in [1.29, 1.82) is 0 Å². The van der Waals surface area contributed by atoms with Gasteiger partial charge in [-0.15, -0.1) is 0 Å². The van der Waals surface area contributed by atoms with E-state index in [-0.39, 0.29) is 11.3 Å². The van der Waals surface area contributed by atoms with Crippen molar-refractivity contribution in [3.8, 4) is 0 Å². The van der Waals surface area contributed by atoms with Gasteiger partial charge in [-0.25, -0.2) is 9.59 Å². The number of nitrogens with two attached hydrogens (primary N) is 1. The van der Waals surface area contributed by atoms with E-state index < -0.39 is 17.6 Å². The molecular formula is C18H23N3O5S. The number of carbonyl (C=O) groups excluding carboxylic acids is 1. The van der Waals surface area contributed by atoms with Crippen LogP contribution < -0.4 is 17.0 Å². The van der Waals surface area contributed by atoms with Crippen LogP contribution >= 0.6 is 11.8 Å². The molecule has 2 rings (SSSR count). The number of primary amides is 1. The lowest BCUT2D eigenvalue weighted by Gasteiger charge is -2.11. The molecule has 0 aliphatic rings. The van der Waals surface area contributed by atoms with E-state index in [1.165, 1.54) is 11.6 Å². The van der Waals surface area contributed by atoms with Gasteiger partial charge in [-0.05, 0) is 32.4 Å². The highest BCUT2D eigenvalue weighted by molar-refractivity contribution is 8.00. The zero-order valence-corrected chi connectivity index (χ0v) is 16.7. The molecule has 0 aliphatic carbocycles. The lowest BCUT2D eigenvalue weighted by atomic mass is 10.1. The van der Waals surface area contributed by atoms with Crippen LogP contribution in [-0.4, -0.2) is 31.9 Å². The van der Waals surface area contributed by atoms with Gasteiger partial charge in [-0.1, -0.05) is 29.5 Å². The molecule has 0 aliphatic heterocycles. The van der Waals surface area contributed by atoms with Crippen molar-refractivity contribution in [1.82, 2.24) is 9.13 Å². The van der Waals surface area contributed by atoms with Gasteiger partial charge < -0.3 is 10.8 Å². The van der Waals surface area contributed by atoms with Crippen LogP contribution in [0.15, 0.2) is 32.8 Å². The highest BCUT2D eigenvalue weighted by atomic mass is 32.2. The zero-order chi connectivity index (χ0) is 20.9. The fourth-order valence-electron chi connectivity index (χ4n) is 2.39. The SMILES string of the molecule is Cc1c(SCC(N)=O)n(C)c(=O)n(C)c1=O.Cc1ccc(C(=O)O)c(C)c1. The first-order valence-electron chi connectivity index (χ1n) is 7.95. The maximum absolute atomic E-state index is 11.6. The fourth-order valence-corrected chi connectivity index (χ4v) is 3.25. The minimum Gasteiger partial charge on any atom is -0.478 e. The van der Waals surface area contributed by atoms with Crippen LogP contribution in [-0.2, 0) is 18.9 Å². The van der Waals surface area contributed by atoms with Crippen LogP contribution in [0.4, 0.5) is 0 Å².